The van der Waals surface area contributed by atoms with E-state index in [9.17, 15) is 4.79 Å². The van der Waals surface area contributed by atoms with Gasteiger partial charge in [0.05, 0.1) is 6.42 Å². The molecule has 0 saturated carbocycles. The van der Waals surface area contributed by atoms with E-state index in [1.54, 1.807) is 18.2 Å². The van der Waals surface area contributed by atoms with Crippen molar-refractivity contribution in [1.82, 2.24) is 0 Å². The Hall–Kier alpha value is -1.27. The second-order valence-electron chi connectivity index (χ2n) is 2.58. The van der Waals surface area contributed by atoms with E-state index >= 15 is 0 Å². The number of carbonyl (C=O) groups excluding carboxylic acids is 1. The lowest BCUT2D eigenvalue weighted by molar-refractivity contribution is 0.0998. The maximum Gasteiger partial charge on any atom is 0.174 e. The van der Waals surface area contributed by atoms with Crippen molar-refractivity contribution < 1.29 is 4.79 Å². The monoisotopic (exact) mass is 237 g/mol. The standard InChI is InChI=1S/C10H8BrNO/c1-2-3-10(13)7-4-8(11)6-9(12)5-7/h1,4-6H,3,12H2. The van der Waals surface area contributed by atoms with E-state index in [2.05, 4.69) is 21.9 Å². The molecule has 1 aromatic carbocycles. The van der Waals surface area contributed by atoms with Crippen molar-refractivity contribution in [2.75, 3.05) is 5.73 Å². The molecule has 3 heteroatoms. The Kier molecular flexibility index (Phi) is 3.10. The molecule has 0 amide bonds. The SMILES string of the molecule is C#CCC(=O)c1cc(N)cc(Br)c1. The minimum atomic E-state index is -0.0875. The number of carbonyl (C=O) groups is 1. The summed E-state index contributed by atoms with van der Waals surface area (Å²) in [6.07, 6.45) is 5.14. The number of ketones is 1. The van der Waals surface area contributed by atoms with Gasteiger partial charge in [-0.2, -0.15) is 0 Å². The van der Waals surface area contributed by atoms with Crippen molar-refractivity contribution in [3.63, 3.8) is 0 Å². The fourth-order valence-electron chi connectivity index (χ4n) is 0.968. The second kappa shape index (κ2) is 4.11. The van der Waals surface area contributed by atoms with Crippen molar-refractivity contribution >= 4 is 27.4 Å². The highest BCUT2D eigenvalue weighted by molar-refractivity contribution is 9.10. The average Bonchev–Trinajstić information content (AvgIpc) is 2.03. The highest BCUT2D eigenvalue weighted by Crippen LogP contribution is 2.18. The minimum Gasteiger partial charge on any atom is -0.399 e. The lowest BCUT2D eigenvalue weighted by Crippen LogP contribution is -1.98. The molecular formula is C10H8BrNO. The number of benzene rings is 1. The number of halogens is 1. The molecule has 0 fully saturated rings. The van der Waals surface area contributed by atoms with Crippen LogP contribution in [0.4, 0.5) is 5.69 Å². The fraction of sp³-hybridized carbons (Fsp3) is 0.100. The second-order valence-corrected chi connectivity index (χ2v) is 3.49. The number of hydrogen-bond acceptors (Lipinski definition) is 2. The molecule has 0 spiro atoms. The maximum absolute atomic E-state index is 11.3. The largest absolute Gasteiger partial charge is 0.399 e. The molecule has 2 nitrogen and oxygen atoms in total. The maximum atomic E-state index is 11.3. The number of nitrogen functional groups attached to an aromatic ring is 1. The van der Waals surface area contributed by atoms with Crippen LogP contribution in [0.15, 0.2) is 22.7 Å². The van der Waals surface area contributed by atoms with Gasteiger partial charge in [0.15, 0.2) is 5.78 Å². The van der Waals surface area contributed by atoms with Crippen LogP contribution >= 0.6 is 15.9 Å². The number of anilines is 1. The Bertz CT molecular complexity index is 359. The summed E-state index contributed by atoms with van der Waals surface area (Å²) >= 11 is 3.25. The van der Waals surface area contributed by atoms with Gasteiger partial charge in [0, 0.05) is 15.7 Å². The van der Waals surface area contributed by atoms with Gasteiger partial charge in [0.25, 0.3) is 0 Å². The fourth-order valence-corrected chi connectivity index (χ4v) is 1.48. The number of terminal acetylenes is 1. The number of nitrogens with two attached hydrogens (primary N) is 1. The first-order chi connectivity index (χ1) is 6.13. The number of Topliss-reactive ketones (excluding diaryl/α,β-unsaturated/α-hetero) is 1. The van der Waals surface area contributed by atoms with Crippen LogP contribution in [0.5, 0.6) is 0 Å². The lowest BCUT2D eigenvalue weighted by Gasteiger charge is -2.00. The van der Waals surface area contributed by atoms with Gasteiger partial charge in [0.1, 0.15) is 0 Å². The Balaban J connectivity index is 3.02. The van der Waals surface area contributed by atoms with Crippen LogP contribution in [0, 0.1) is 12.3 Å². The smallest absolute Gasteiger partial charge is 0.174 e. The van der Waals surface area contributed by atoms with Crippen LogP contribution in [-0.4, -0.2) is 5.78 Å². The summed E-state index contributed by atoms with van der Waals surface area (Å²) in [5.74, 6) is 2.21. The summed E-state index contributed by atoms with van der Waals surface area (Å²) < 4.78 is 0.785. The van der Waals surface area contributed by atoms with Crippen molar-refractivity contribution in [2.24, 2.45) is 0 Å². The lowest BCUT2D eigenvalue weighted by atomic mass is 10.1. The zero-order valence-electron chi connectivity index (χ0n) is 6.88. The van der Waals surface area contributed by atoms with Gasteiger partial charge in [-0.15, -0.1) is 6.42 Å². The van der Waals surface area contributed by atoms with Crippen molar-refractivity contribution in [3.8, 4) is 12.3 Å². The molecule has 1 aromatic rings. The molecule has 0 aliphatic rings. The number of rotatable bonds is 2. The molecule has 2 N–H and O–H groups in total. The zero-order chi connectivity index (χ0) is 9.84. The van der Waals surface area contributed by atoms with Gasteiger partial charge in [-0.3, -0.25) is 4.79 Å². The summed E-state index contributed by atoms with van der Waals surface area (Å²) in [6, 6.07) is 5.05. The first-order valence-electron chi connectivity index (χ1n) is 3.66. The van der Waals surface area contributed by atoms with Crippen molar-refractivity contribution in [3.05, 3.63) is 28.2 Å². The predicted octanol–water partition coefficient (Wildman–Crippen LogP) is 2.24. The van der Waals surface area contributed by atoms with Gasteiger partial charge in [-0.25, -0.2) is 0 Å². The van der Waals surface area contributed by atoms with Crippen molar-refractivity contribution in [1.29, 1.82) is 0 Å². The molecular weight excluding hydrogens is 230 g/mol. The first kappa shape index (κ1) is 9.82. The summed E-state index contributed by atoms with van der Waals surface area (Å²) in [5, 5.41) is 0. The average molecular weight is 238 g/mol. The number of hydrogen-bond donors (Lipinski definition) is 1. The predicted molar refractivity (Wildman–Crippen MR) is 56.3 cm³/mol. The third-order valence-corrected chi connectivity index (χ3v) is 1.96. The topological polar surface area (TPSA) is 43.1 Å². The Labute approximate surface area is 85.3 Å². The van der Waals surface area contributed by atoms with Gasteiger partial charge in [-0.1, -0.05) is 21.9 Å². The Morgan fingerprint density at radius 3 is 2.77 bits per heavy atom. The summed E-state index contributed by atoms with van der Waals surface area (Å²) in [5.41, 5.74) is 6.66. The molecule has 0 aliphatic carbocycles. The first-order valence-corrected chi connectivity index (χ1v) is 4.45. The van der Waals surface area contributed by atoms with Gasteiger partial charge in [0.2, 0.25) is 0 Å². The van der Waals surface area contributed by atoms with E-state index in [0.717, 1.165) is 4.47 Å². The summed E-state index contributed by atoms with van der Waals surface area (Å²) in [6.45, 7) is 0. The van der Waals surface area contributed by atoms with Crippen LogP contribution in [0.25, 0.3) is 0 Å². The van der Waals surface area contributed by atoms with Crippen LogP contribution in [0.3, 0.4) is 0 Å². The highest BCUT2D eigenvalue weighted by Gasteiger charge is 2.05. The molecule has 0 radical (unpaired) electrons. The quantitative estimate of drug-likeness (QED) is 0.487. The zero-order valence-corrected chi connectivity index (χ0v) is 8.47. The molecule has 0 atom stereocenters. The van der Waals surface area contributed by atoms with Crippen LogP contribution in [0.2, 0.25) is 0 Å². The molecule has 13 heavy (non-hydrogen) atoms. The summed E-state index contributed by atoms with van der Waals surface area (Å²) in [7, 11) is 0. The van der Waals surface area contributed by atoms with Gasteiger partial charge in [-0.05, 0) is 18.2 Å². The minimum absolute atomic E-state index is 0.0875. The molecule has 0 bridgehead atoms. The third kappa shape index (κ3) is 2.60. The molecule has 0 heterocycles. The van der Waals surface area contributed by atoms with Crippen LogP contribution in [0.1, 0.15) is 16.8 Å². The van der Waals surface area contributed by atoms with E-state index < -0.39 is 0 Å². The summed E-state index contributed by atoms with van der Waals surface area (Å²) in [4.78, 5) is 11.3. The molecule has 1 rings (SSSR count). The van der Waals surface area contributed by atoms with E-state index in [-0.39, 0.29) is 12.2 Å². The Morgan fingerprint density at radius 1 is 1.54 bits per heavy atom. The molecule has 0 aliphatic heterocycles. The Morgan fingerprint density at radius 2 is 2.23 bits per heavy atom. The van der Waals surface area contributed by atoms with E-state index in [0.29, 0.717) is 11.3 Å². The van der Waals surface area contributed by atoms with Crippen LogP contribution in [-0.2, 0) is 0 Å². The molecule has 0 aromatic heterocycles. The van der Waals surface area contributed by atoms with E-state index in [4.69, 9.17) is 12.2 Å². The van der Waals surface area contributed by atoms with Gasteiger partial charge < -0.3 is 5.73 Å². The third-order valence-electron chi connectivity index (χ3n) is 1.50. The van der Waals surface area contributed by atoms with Crippen LogP contribution < -0.4 is 5.73 Å². The van der Waals surface area contributed by atoms with Crippen molar-refractivity contribution in [2.45, 2.75) is 6.42 Å². The molecule has 0 saturated heterocycles. The van der Waals surface area contributed by atoms with E-state index in [1.807, 2.05) is 0 Å². The molecule has 0 unspecified atom stereocenters. The van der Waals surface area contributed by atoms with Gasteiger partial charge >= 0.3 is 0 Å². The van der Waals surface area contributed by atoms with E-state index in [1.165, 1.54) is 0 Å². The molecule has 66 valence electrons. The highest BCUT2D eigenvalue weighted by atomic mass is 79.9. The normalized spacial score (nSPS) is 9.23.